The SMILES string of the molecule is O=C([O-])CCC(=O)N1N=C(c2ccccc2)C[C@H]1c1cccs1. The van der Waals surface area contributed by atoms with Crippen LogP contribution in [0.25, 0.3) is 0 Å². The highest BCUT2D eigenvalue weighted by atomic mass is 32.1. The summed E-state index contributed by atoms with van der Waals surface area (Å²) < 4.78 is 0. The largest absolute Gasteiger partial charge is 0.550 e. The van der Waals surface area contributed by atoms with Crippen molar-refractivity contribution in [2.24, 2.45) is 5.10 Å². The third-order valence-corrected chi connectivity index (χ3v) is 4.66. The van der Waals surface area contributed by atoms with Gasteiger partial charge in [0, 0.05) is 23.7 Å². The second kappa shape index (κ2) is 6.75. The maximum absolute atomic E-state index is 12.4. The van der Waals surface area contributed by atoms with Gasteiger partial charge in [0.2, 0.25) is 5.91 Å². The number of amides is 1. The van der Waals surface area contributed by atoms with Gasteiger partial charge in [0.1, 0.15) is 0 Å². The summed E-state index contributed by atoms with van der Waals surface area (Å²) in [5, 5.41) is 18.5. The lowest BCUT2D eigenvalue weighted by molar-refractivity contribution is -0.305. The van der Waals surface area contributed by atoms with E-state index < -0.39 is 5.97 Å². The molecule has 1 aliphatic heterocycles. The average molecular weight is 327 g/mol. The second-order valence-corrected chi connectivity index (χ2v) is 6.24. The lowest BCUT2D eigenvalue weighted by atomic mass is 10.0. The van der Waals surface area contributed by atoms with E-state index in [1.54, 1.807) is 11.3 Å². The number of carbonyl (C=O) groups excluding carboxylic acids is 2. The molecule has 5 nitrogen and oxygen atoms in total. The Balaban J connectivity index is 1.86. The van der Waals surface area contributed by atoms with Gasteiger partial charge in [-0.25, -0.2) is 5.01 Å². The number of hydrazone groups is 1. The summed E-state index contributed by atoms with van der Waals surface area (Å²) in [5.41, 5.74) is 1.81. The van der Waals surface area contributed by atoms with Crippen LogP contribution in [-0.2, 0) is 9.59 Å². The number of carboxylic acids is 1. The van der Waals surface area contributed by atoms with Crippen molar-refractivity contribution in [3.05, 3.63) is 58.3 Å². The molecule has 6 heteroatoms. The number of carbonyl (C=O) groups is 2. The summed E-state index contributed by atoms with van der Waals surface area (Å²) in [4.78, 5) is 24.0. The van der Waals surface area contributed by atoms with Gasteiger partial charge < -0.3 is 9.90 Å². The molecule has 2 aromatic rings. The Bertz CT molecular complexity index is 726. The van der Waals surface area contributed by atoms with Crippen LogP contribution in [0.3, 0.4) is 0 Å². The maximum atomic E-state index is 12.4. The summed E-state index contributed by atoms with van der Waals surface area (Å²) in [7, 11) is 0. The summed E-state index contributed by atoms with van der Waals surface area (Å²) in [5.74, 6) is -1.52. The monoisotopic (exact) mass is 327 g/mol. The normalized spacial score (nSPS) is 17.1. The van der Waals surface area contributed by atoms with Gasteiger partial charge >= 0.3 is 0 Å². The first-order valence-electron chi connectivity index (χ1n) is 7.33. The Morgan fingerprint density at radius 1 is 1.17 bits per heavy atom. The van der Waals surface area contributed by atoms with E-state index in [2.05, 4.69) is 5.10 Å². The fraction of sp³-hybridized carbons (Fsp3) is 0.235. The van der Waals surface area contributed by atoms with E-state index in [1.807, 2.05) is 47.8 Å². The third-order valence-electron chi connectivity index (χ3n) is 3.69. The topological polar surface area (TPSA) is 72.8 Å². The number of benzene rings is 1. The number of aliphatic carboxylic acids is 1. The van der Waals surface area contributed by atoms with Crippen LogP contribution in [0.1, 0.15) is 35.7 Å². The molecule has 0 unspecified atom stereocenters. The summed E-state index contributed by atoms with van der Waals surface area (Å²) in [6, 6.07) is 13.4. The minimum absolute atomic E-state index is 0.101. The molecule has 0 radical (unpaired) electrons. The minimum atomic E-state index is -1.22. The quantitative estimate of drug-likeness (QED) is 0.842. The Labute approximate surface area is 137 Å². The predicted molar refractivity (Wildman–Crippen MR) is 85.7 cm³/mol. The number of rotatable bonds is 5. The van der Waals surface area contributed by atoms with Crippen molar-refractivity contribution in [2.75, 3.05) is 0 Å². The van der Waals surface area contributed by atoms with Crippen LogP contribution in [0.15, 0.2) is 52.9 Å². The molecule has 1 amide bonds. The number of nitrogens with zero attached hydrogens (tertiary/aromatic N) is 2. The fourth-order valence-corrected chi connectivity index (χ4v) is 3.38. The molecule has 0 aliphatic carbocycles. The Morgan fingerprint density at radius 3 is 2.61 bits per heavy atom. The van der Waals surface area contributed by atoms with Crippen molar-refractivity contribution in [3.8, 4) is 0 Å². The van der Waals surface area contributed by atoms with Crippen LogP contribution in [0, 0.1) is 0 Å². The first-order chi connectivity index (χ1) is 11.1. The minimum Gasteiger partial charge on any atom is -0.550 e. The molecule has 1 aromatic carbocycles. The van der Waals surface area contributed by atoms with E-state index in [9.17, 15) is 14.7 Å². The molecule has 2 heterocycles. The molecule has 23 heavy (non-hydrogen) atoms. The number of carboxylic acid groups (broad SMARTS) is 1. The van der Waals surface area contributed by atoms with Crippen LogP contribution in [-0.4, -0.2) is 22.6 Å². The van der Waals surface area contributed by atoms with Crippen molar-refractivity contribution in [3.63, 3.8) is 0 Å². The highest BCUT2D eigenvalue weighted by Crippen LogP contribution is 2.35. The number of hydrogen-bond donors (Lipinski definition) is 0. The lowest BCUT2D eigenvalue weighted by Gasteiger charge is -2.20. The molecule has 118 valence electrons. The lowest BCUT2D eigenvalue weighted by Crippen LogP contribution is -2.29. The van der Waals surface area contributed by atoms with Crippen LogP contribution >= 0.6 is 11.3 Å². The molecule has 0 saturated carbocycles. The van der Waals surface area contributed by atoms with Gasteiger partial charge in [0.05, 0.1) is 11.8 Å². The standard InChI is InChI=1S/C17H16N2O3S/c20-16(8-9-17(21)22)19-14(15-7-4-10-23-15)11-13(18-19)12-5-2-1-3-6-12/h1-7,10,14H,8-9,11H2,(H,21,22)/p-1/t14-/m0/s1. The molecular formula is C17H15N2O3S-. The predicted octanol–water partition coefficient (Wildman–Crippen LogP) is 1.96. The summed E-state index contributed by atoms with van der Waals surface area (Å²) in [6.45, 7) is 0. The molecule has 1 aromatic heterocycles. The van der Waals surface area contributed by atoms with Gasteiger partial charge in [-0.2, -0.15) is 5.10 Å². The zero-order chi connectivity index (χ0) is 16.2. The van der Waals surface area contributed by atoms with E-state index in [-0.39, 0.29) is 24.8 Å². The third kappa shape index (κ3) is 3.48. The fourth-order valence-electron chi connectivity index (χ4n) is 2.57. The summed E-state index contributed by atoms with van der Waals surface area (Å²) in [6.07, 6.45) is 0.236. The van der Waals surface area contributed by atoms with Crippen molar-refractivity contribution < 1.29 is 14.7 Å². The smallest absolute Gasteiger partial charge is 0.243 e. The molecule has 1 aliphatic rings. The van der Waals surface area contributed by atoms with Gasteiger partial charge in [-0.05, 0) is 23.4 Å². The van der Waals surface area contributed by atoms with Crippen LogP contribution < -0.4 is 5.11 Å². The molecule has 0 saturated heterocycles. The highest BCUT2D eigenvalue weighted by molar-refractivity contribution is 7.10. The number of thiophene rings is 1. The average Bonchev–Trinajstić information content (AvgIpc) is 3.22. The highest BCUT2D eigenvalue weighted by Gasteiger charge is 2.33. The maximum Gasteiger partial charge on any atom is 0.243 e. The molecule has 0 N–H and O–H groups in total. The van der Waals surface area contributed by atoms with E-state index in [4.69, 9.17) is 0 Å². The van der Waals surface area contributed by atoms with Gasteiger partial charge in [0.15, 0.2) is 0 Å². The molecule has 0 fully saturated rings. The van der Waals surface area contributed by atoms with Crippen molar-refractivity contribution >= 4 is 28.9 Å². The van der Waals surface area contributed by atoms with Gasteiger partial charge in [-0.1, -0.05) is 36.4 Å². The van der Waals surface area contributed by atoms with Crippen LogP contribution in [0.2, 0.25) is 0 Å². The first-order valence-corrected chi connectivity index (χ1v) is 8.21. The Kier molecular flexibility index (Phi) is 4.52. The van der Waals surface area contributed by atoms with E-state index in [0.717, 1.165) is 16.2 Å². The Morgan fingerprint density at radius 2 is 1.96 bits per heavy atom. The summed E-state index contributed by atoms with van der Waals surface area (Å²) >= 11 is 1.57. The van der Waals surface area contributed by atoms with Gasteiger partial charge in [-0.15, -0.1) is 11.3 Å². The van der Waals surface area contributed by atoms with Crippen LogP contribution in [0.4, 0.5) is 0 Å². The molecule has 3 rings (SSSR count). The molecular weight excluding hydrogens is 312 g/mol. The zero-order valence-electron chi connectivity index (χ0n) is 12.3. The van der Waals surface area contributed by atoms with Gasteiger partial charge in [0.25, 0.3) is 0 Å². The number of hydrogen-bond acceptors (Lipinski definition) is 5. The molecule has 1 atom stereocenters. The zero-order valence-corrected chi connectivity index (χ0v) is 13.2. The molecule has 0 spiro atoms. The van der Waals surface area contributed by atoms with E-state index in [1.165, 1.54) is 5.01 Å². The first kappa shape index (κ1) is 15.4. The van der Waals surface area contributed by atoms with Crippen molar-refractivity contribution in [1.29, 1.82) is 0 Å². The Hall–Kier alpha value is -2.47. The van der Waals surface area contributed by atoms with Crippen molar-refractivity contribution in [1.82, 2.24) is 5.01 Å². The second-order valence-electron chi connectivity index (χ2n) is 5.26. The van der Waals surface area contributed by atoms with Crippen molar-refractivity contribution in [2.45, 2.75) is 25.3 Å². The van der Waals surface area contributed by atoms with E-state index >= 15 is 0 Å². The van der Waals surface area contributed by atoms with Gasteiger partial charge in [-0.3, -0.25) is 4.79 Å². The molecule has 0 bridgehead atoms. The van der Waals surface area contributed by atoms with Crippen LogP contribution in [0.5, 0.6) is 0 Å². The van der Waals surface area contributed by atoms with E-state index in [0.29, 0.717) is 6.42 Å².